The van der Waals surface area contributed by atoms with E-state index in [4.69, 9.17) is 14.2 Å². The number of H-pyrrole nitrogens is 1. The molecule has 17 nitrogen and oxygen atoms in total. The minimum atomic E-state index is -2.02. The fourth-order valence-electron chi connectivity index (χ4n) is 6.47. The average molecular weight is 669 g/mol. The molecule has 0 unspecified atom stereocenters. The number of amides is 3. The number of aromatic amines is 1. The predicted octanol–water partition coefficient (Wildman–Crippen LogP) is -1.25. The smallest absolute Gasteiger partial charge is 0.410 e. The highest BCUT2D eigenvalue weighted by Gasteiger charge is 2.55. The number of aryl methyl sites for hydroxylation is 1. The van der Waals surface area contributed by atoms with Crippen molar-refractivity contribution in [3.05, 3.63) is 17.5 Å². The highest BCUT2D eigenvalue weighted by Crippen LogP contribution is 2.38. The van der Waals surface area contributed by atoms with Gasteiger partial charge in [-0.2, -0.15) is 5.10 Å². The lowest BCUT2D eigenvalue weighted by Gasteiger charge is -2.49. The number of ether oxygens (including phenoxy) is 3. The van der Waals surface area contributed by atoms with E-state index >= 15 is 0 Å². The van der Waals surface area contributed by atoms with Crippen LogP contribution in [0.15, 0.2) is 6.07 Å². The number of aliphatic carboxylic acids is 1. The van der Waals surface area contributed by atoms with Crippen LogP contribution in [0.5, 0.6) is 0 Å². The summed E-state index contributed by atoms with van der Waals surface area (Å²) in [5, 5.41) is 55.2. The van der Waals surface area contributed by atoms with E-state index in [0.29, 0.717) is 45.0 Å². The Morgan fingerprint density at radius 2 is 1.96 bits per heavy atom. The number of aliphatic hydroxyl groups excluding tert-OH is 3. The van der Waals surface area contributed by atoms with Crippen molar-refractivity contribution >= 4 is 23.9 Å². The molecule has 7 atom stereocenters. The van der Waals surface area contributed by atoms with Gasteiger partial charge in [0.15, 0.2) is 5.60 Å². The van der Waals surface area contributed by atoms with Crippen molar-refractivity contribution in [1.82, 2.24) is 30.6 Å². The van der Waals surface area contributed by atoms with Crippen molar-refractivity contribution in [1.29, 1.82) is 0 Å². The molecule has 0 aromatic carbocycles. The quantitative estimate of drug-likeness (QED) is 0.155. The van der Waals surface area contributed by atoms with Gasteiger partial charge in [-0.1, -0.05) is 0 Å². The molecule has 4 heterocycles. The largest absolute Gasteiger partial charge is 0.479 e. The summed E-state index contributed by atoms with van der Waals surface area (Å²) in [6.07, 6.45) is -6.95. The van der Waals surface area contributed by atoms with E-state index in [9.17, 15) is 39.6 Å². The van der Waals surface area contributed by atoms with E-state index in [1.165, 1.54) is 13.0 Å². The number of hydrogen-bond donors (Lipinski definition) is 7. The Balaban J connectivity index is 1.50. The maximum atomic E-state index is 12.9. The summed E-state index contributed by atoms with van der Waals surface area (Å²) < 4.78 is 17.4. The number of rotatable bonds is 10. The molecule has 1 aromatic heterocycles. The molecular formula is C30H48N6O11. The first-order valence-electron chi connectivity index (χ1n) is 15.8. The SMILES string of the molecule is CC(=O)N[C@H]1[C@H]([C@H](O)[C@H](O)CNC(=O)c2cc(C)[nH]n2)O[C@@](CCN2CCOC[C@@]23CCN(C(=O)OC(C)(C)C)C3)(C(=O)O)C[C@@H]1O. The Labute approximate surface area is 272 Å². The van der Waals surface area contributed by atoms with Gasteiger partial charge >= 0.3 is 12.1 Å². The molecule has 3 amide bonds. The minimum Gasteiger partial charge on any atom is -0.479 e. The Morgan fingerprint density at radius 1 is 1.23 bits per heavy atom. The molecule has 17 heteroatoms. The highest BCUT2D eigenvalue weighted by atomic mass is 16.6. The number of nitrogens with zero attached hydrogens (tertiary/aromatic N) is 3. The maximum Gasteiger partial charge on any atom is 0.410 e. The summed E-state index contributed by atoms with van der Waals surface area (Å²) in [4.78, 5) is 53.8. The molecule has 0 radical (unpaired) electrons. The molecule has 264 valence electrons. The summed E-state index contributed by atoms with van der Waals surface area (Å²) in [7, 11) is 0. The zero-order valence-electron chi connectivity index (χ0n) is 27.5. The van der Waals surface area contributed by atoms with Crippen LogP contribution in [0.2, 0.25) is 0 Å². The molecule has 3 aliphatic rings. The predicted molar refractivity (Wildman–Crippen MR) is 163 cm³/mol. The van der Waals surface area contributed by atoms with Crippen LogP contribution < -0.4 is 10.6 Å². The van der Waals surface area contributed by atoms with Gasteiger partial charge in [0.1, 0.15) is 23.5 Å². The first kappa shape index (κ1) is 36.5. The first-order valence-corrected chi connectivity index (χ1v) is 15.8. The third kappa shape index (κ3) is 8.58. The number of carbonyl (C=O) groups is 4. The number of carboxylic acids is 1. The van der Waals surface area contributed by atoms with Crippen LogP contribution >= 0.6 is 0 Å². The van der Waals surface area contributed by atoms with E-state index < -0.39 is 84.0 Å². The zero-order chi connectivity index (χ0) is 34.7. The topological polar surface area (TPSA) is 236 Å². The third-order valence-corrected chi connectivity index (χ3v) is 8.89. The van der Waals surface area contributed by atoms with Gasteiger partial charge in [0.05, 0.1) is 37.0 Å². The number of morpholine rings is 1. The van der Waals surface area contributed by atoms with Crippen LogP contribution in [-0.4, -0.2) is 157 Å². The van der Waals surface area contributed by atoms with Gasteiger partial charge < -0.3 is 50.2 Å². The summed E-state index contributed by atoms with van der Waals surface area (Å²) in [6, 6.07) is 0.229. The normalized spacial score (nSPS) is 29.7. The molecule has 0 aliphatic carbocycles. The molecule has 0 saturated carbocycles. The molecule has 4 rings (SSSR count). The van der Waals surface area contributed by atoms with Gasteiger partial charge in [-0.25, -0.2) is 9.59 Å². The lowest BCUT2D eigenvalue weighted by atomic mass is 9.81. The Morgan fingerprint density at radius 3 is 2.57 bits per heavy atom. The van der Waals surface area contributed by atoms with Gasteiger partial charge in [-0.15, -0.1) is 0 Å². The summed E-state index contributed by atoms with van der Waals surface area (Å²) >= 11 is 0. The van der Waals surface area contributed by atoms with Gasteiger partial charge in [-0.3, -0.25) is 19.6 Å². The minimum absolute atomic E-state index is 0.0620. The molecule has 3 aliphatic heterocycles. The molecule has 47 heavy (non-hydrogen) atoms. The molecule has 7 N–H and O–H groups in total. The lowest BCUT2D eigenvalue weighted by Crippen LogP contribution is -2.68. The van der Waals surface area contributed by atoms with Crippen LogP contribution in [0.25, 0.3) is 0 Å². The van der Waals surface area contributed by atoms with Crippen molar-refractivity contribution < 1.29 is 53.8 Å². The van der Waals surface area contributed by atoms with Crippen molar-refractivity contribution in [3.8, 4) is 0 Å². The monoisotopic (exact) mass is 668 g/mol. The summed E-state index contributed by atoms with van der Waals surface area (Å²) in [5.74, 6) is -2.59. The first-order chi connectivity index (χ1) is 21.9. The molecule has 3 saturated heterocycles. The van der Waals surface area contributed by atoms with E-state index in [-0.39, 0.29) is 18.7 Å². The van der Waals surface area contributed by atoms with E-state index in [2.05, 4.69) is 25.7 Å². The lowest BCUT2D eigenvalue weighted by molar-refractivity contribution is -0.231. The standard InChI is InChI=1S/C30H48N6O11/c1-17-12-19(34-33-17)25(41)31-14-21(39)23(40)24-22(32-18(2)37)20(38)13-30(46-24,26(42)43)7-9-36-10-11-45-16-29(36)6-8-35(15-29)27(44)47-28(3,4)5/h12,20-24,38-40H,6-11,13-16H2,1-5H3,(H,31,41)(H,32,37)(H,33,34)(H,42,43)/t20-,21+,22+,23+,24+,29-,30+/m0/s1. The van der Waals surface area contributed by atoms with Gasteiger partial charge in [0.2, 0.25) is 5.91 Å². The fraction of sp³-hybridized carbons (Fsp3) is 0.767. The Bertz CT molecular complexity index is 1300. The van der Waals surface area contributed by atoms with Gasteiger partial charge in [0, 0.05) is 58.2 Å². The van der Waals surface area contributed by atoms with Crippen molar-refractivity contribution in [2.75, 3.05) is 45.9 Å². The number of carbonyl (C=O) groups excluding carboxylic acids is 3. The number of aromatic nitrogens is 2. The third-order valence-electron chi connectivity index (χ3n) is 8.89. The molecule has 0 bridgehead atoms. The Hall–Kier alpha value is -3.35. The van der Waals surface area contributed by atoms with Crippen LogP contribution in [0.4, 0.5) is 4.79 Å². The number of aliphatic hydroxyl groups is 3. The molecule has 3 fully saturated rings. The van der Waals surface area contributed by atoms with Crippen LogP contribution in [-0.2, 0) is 23.8 Å². The molecular weight excluding hydrogens is 620 g/mol. The van der Waals surface area contributed by atoms with Crippen molar-refractivity contribution in [2.24, 2.45) is 0 Å². The zero-order valence-corrected chi connectivity index (χ0v) is 27.5. The summed E-state index contributed by atoms with van der Waals surface area (Å²) in [6.45, 7) is 9.87. The fourth-order valence-corrected chi connectivity index (χ4v) is 6.47. The van der Waals surface area contributed by atoms with Crippen molar-refractivity contribution in [2.45, 2.75) is 101 Å². The maximum absolute atomic E-state index is 12.9. The second-order valence-corrected chi connectivity index (χ2v) is 13.7. The molecule has 1 spiro atoms. The van der Waals surface area contributed by atoms with Crippen LogP contribution in [0.3, 0.4) is 0 Å². The number of hydrogen-bond acceptors (Lipinski definition) is 12. The second-order valence-electron chi connectivity index (χ2n) is 13.7. The average Bonchev–Trinajstić information content (AvgIpc) is 3.62. The summed E-state index contributed by atoms with van der Waals surface area (Å²) in [5.41, 5.74) is -2.58. The number of likely N-dealkylation sites (tertiary alicyclic amines) is 1. The van der Waals surface area contributed by atoms with E-state index in [1.54, 1.807) is 32.6 Å². The highest BCUT2D eigenvalue weighted by molar-refractivity contribution is 5.92. The van der Waals surface area contributed by atoms with Gasteiger partial charge in [0.25, 0.3) is 5.91 Å². The Kier molecular flexibility index (Phi) is 11.2. The number of nitrogens with one attached hydrogen (secondary N) is 3. The van der Waals surface area contributed by atoms with E-state index in [1.807, 2.05) is 0 Å². The second kappa shape index (κ2) is 14.4. The van der Waals surface area contributed by atoms with Crippen molar-refractivity contribution in [3.63, 3.8) is 0 Å². The van der Waals surface area contributed by atoms with Crippen LogP contribution in [0, 0.1) is 6.92 Å². The number of carboxylic acid groups (broad SMARTS) is 1. The van der Waals surface area contributed by atoms with E-state index in [0.717, 1.165) is 0 Å². The van der Waals surface area contributed by atoms with Crippen LogP contribution in [0.1, 0.15) is 63.1 Å². The van der Waals surface area contributed by atoms with Gasteiger partial charge in [-0.05, 0) is 40.2 Å². The molecule has 1 aromatic rings.